The number of hydrogen-bond donors (Lipinski definition) is 0. The lowest BCUT2D eigenvalue weighted by Gasteiger charge is -2.19. The number of hydrogen-bond acceptors (Lipinski definition) is 3. The van der Waals surface area contributed by atoms with Crippen LogP contribution in [0.2, 0.25) is 10.0 Å². The maximum Gasteiger partial charge on any atom is 0.243 e. The average Bonchev–Trinajstić information content (AvgIpc) is 2.92. The summed E-state index contributed by atoms with van der Waals surface area (Å²) < 4.78 is 6.78. The summed E-state index contributed by atoms with van der Waals surface area (Å²) in [6.45, 7) is 1.43. The molecule has 0 unspecified atom stereocenters. The number of rotatable bonds is 2. The van der Waals surface area contributed by atoms with Gasteiger partial charge < -0.3 is 4.74 Å². The summed E-state index contributed by atoms with van der Waals surface area (Å²) in [7, 11) is 0. The lowest BCUT2D eigenvalue weighted by atomic mass is 10.2. The second-order valence-electron chi connectivity index (χ2n) is 4.92. The van der Waals surface area contributed by atoms with Crippen molar-refractivity contribution in [1.82, 2.24) is 5.01 Å². The minimum atomic E-state index is -0.633. The van der Waals surface area contributed by atoms with Gasteiger partial charge >= 0.3 is 0 Å². The van der Waals surface area contributed by atoms with Crippen molar-refractivity contribution in [2.24, 2.45) is 5.10 Å². The van der Waals surface area contributed by atoms with Crippen LogP contribution in [0.1, 0.15) is 24.3 Å². The molecule has 1 amide bonds. The molecule has 1 atom stereocenters. The number of ether oxygens (including phenoxy) is 1. The van der Waals surface area contributed by atoms with Crippen LogP contribution in [-0.2, 0) is 9.53 Å². The van der Waals surface area contributed by atoms with Crippen LogP contribution in [0.4, 0.5) is 0 Å². The van der Waals surface area contributed by atoms with Crippen molar-refractivity contribution in [3.63, 3.8) is 0 Å². The van der Waals surface area contributed by atoms with E-state index in [1.165, 1.54) is 11.9 Å². The number of halogens is 3. The van der Waals surface area contributed by atoms with Crippen LogP contribution in [-0.4, -0.2) is 16.8 Å². The molecule has 2 aromatic carbocycles. The van der Waals surface area contributed by atoms with Crippen molar-refractivity contribution < 1.29 is 9.53 Å². The maximum atomic E-state index is 11.9. The highest BCUT2D eigenvalue weighted by atomic mass is 79.9. The molecular formula is C16H11BrCl2N2O2. The zero-order valence-corrected chi connectivity index (χ0v) is 15.1. The second-order valence-corrected chi connectivity index (χ2v) is 6.68. The van der Waals surface area contributed by atoms with E-state index in [2.05, 4.69) is 21.0 Å². The van der Waals surface area contributed by atoms with Crippen molar-refractivity contribution in [2.75, 3.05) is 0 Å². The highest BCUT2D eigenvalue weighted by molar-refractivity contribution is 9.10. The molecule has 118 valence electrons. The van der Waals surface area contributed by atoms with E-state index in [0.29, 0.717) is 15.6 Å². The Morgan fingerprint density at radius 3 is 2.70 bits per heavy atom. The Morgan fingerprint density at radius 1 is 1.26 bits per heavy atom. The minimum absolute atomic E-state index is 0.227. The Morgan fingerprint density at radius 2 is 2.04 bits per heavy atom. The quantitative estimate of drug-likeness (QED) is 0.695. The molecule has 0 saturated carbocycles. The summed E-state index contributed by atoms with van der Waals surface area (Å²) in [4.78, 5) is 11.9. The monoisotopic (exact) mass is 412 g/mol. The maximum absolute atomic E-state index is 11.9. The van der Waals surface area contributed by atoms with Gasteiger partial charge in [-0.1, -0.05) is 51.3 Å². The van der Waals surface area contributed by atoms with E-state index in [1.807, 2.05) is 24.3 Å². The van der Waals surface area contributed by atoms with Crippen LogP contribution in [0.3, 0.4) is 0 Å². The molecule has 0 bridgehead atoms. The van der Waals surface area contributed by atoms with Crippen molar-refractivity contribution in [1.29, 1.82) is 0 Å². The fourth-order valence-corrected chi connectivity index (χ4v) is 3.12. The van der Waals surface area contributed by atoms with Crippen LogP contribution >= 0.6 is 39.1 Å². The van der Waals surface area contributed by atoms with Crippen molar-refractivity contribution >= 4 is 50.9 Å². The SMILES string of the molecule is CC(=O)N1N=C(c2ccc(Cl)cc2Cl)O[C@H]1c1cccc(Br)c1. The van der Waals surface area contributed by atoms with Gasteiger partial charge in [0.1, 0.15) is 0 Å². The normalized spacial score (nSPS) is 17.0. The van der Waals surface area contributed by atoms with Gasteiger partial charge in [0.2, 0.25) is 18.0 Å². The number of carbonyl (C=O) groups excluding carboxylic acids is 1. The van der Waals surface area contributed by atoms with E-state index in [9.17, 15) is 4.79 Å². The third-order valence-corrected chi connectivity index (χ3v) is 4.30. The summed E-state index contributed by atoms with van der Waals surface area (Å²) in [5.41, 5.74) is 1.39. The zero-order valence-electron chi connectivity index (χ0n) is 12.0. The number of amides is 1. The van der Waals surface area contributed by atoms with Gasteiger partial charge in [-0.2, -0.15) is 5.01 Å². The first-order chi connectivity index (χ1) is 11.0. The Bertz CT molecular complexity index is 810. The topological polar surface area (TPSA) is 41.9 Å². The summed E-state index contributed by atoms with van der Waals surface area (Å²) in [6, 6.07) is 12.5. The zero-order chi connectivity index (χ0) is 16.6. The second kappa shape index (κ2) is 6.51. The van der Waals surface area contributed by atoms with Gasteiger partial charge in [0.25, 0.3) is 0 Å². The van der Waals surface area contributed by atoms with Gasteiger partial charge in [0, 0.05) is 22.0 Å². The van der Waals surface area contributed by atoms with Gasteiger partial charge in [-0.25, -0.2) is 0 Å². The summed E-state index contributed by atoms with van der Waals surface area (Å²) in [6.07, 6.45) is -0.633. The van der Waals surface area contributed by atoms with Crippen LogP contribution < -0.4 is 0 Å². The van der Waals surface area contributed by atoms with E-state index in [1.54, 1.807) is 18.2 Å². The molecule has 4 nitrogen and oxygen atoms in total. The molecular weight excluding hydrogens is 403 g/mol. The molecule has 0 saturated heterocycles. The van der Waals surface area contributed by atoms with Gasteiger partial charge in [-0.15, -0.1) is 5.10 Å². The Hall–Kier alpha value is -1.56. The molecule has 23 heavy (non-hydrogen) atoms. The van der Waals surface area contributed by atoms with E-state index >= 15 is 0 Å². The third-order valence-electron chi connectivity index (χ3n) is 3.26. The highest BCUT2D eigenvalue weighted by Gasteiger charge is 2.33. The minimum Gasteiger partial charge on any atom is -0.446 e. The van der Waals surface area contributed by atoms with E-state index in [0.717, 1.165) is 10.0 Å². The molecule has 7 heteroatoms. The van der Waals surface area contributed by atoms with Gasteiger partial charge in [-0.05, 0) is 30.3 Å². The van der Waals surface area contributed by atoms with Gasteiger partial charge in [0.15, 0.2) is 0 Å². The number of nitrogens with zero attached hydrogens (tertiary/aromatic N) is 2. The van der Waals surface area contributed by atoms with Gasteiger partial charge in [0.05, 0.1) is 10.6 Å². The van der Waals surface area contributed by atoms with Crippen LogP contribution in [0, 0.1) is 0 Å². The molecule has 0 aromatic heterocycles. The van der Waals surface area contributed by atoms with Crippen molar-refractivity contribution in [3.05, 3.63) is 68.1 Å². The number of hydrazone groups is 1. The third kappa shape index (κ3) is 3.37. The van der Waals surface area contributed by atoms with Crippen LogP contribution in [0.5, 0.6) is 0 Å². The fourth-order valence-electron chi connectivity index (χ4n) is 2.21. The Balaban J connectivity index is 1.99. The average molecular weight is 414 g/mol. The molecule has 3 rings (SSSR count). The summed E-state index contributed by atoms with van der Waals surface area (Å²) >= 11 is 15.5. The standard InChI is InChI=1S/C16H11BrCl2N2O2/c1-9(22)21-16(10-3-2-4-11(17)7-10)23-15(20-21)13-6-5-12(18)8-14(13)19/h2-8,16H,1H3/t16-/m0/s1. The van der Waals surface area contributed by atoms with Gasteiger partial charge in [-0.3, -0.25) is 4.79 Å². The molecule has 0 spiro atoms. The Kier molecular flexibility index (Phi) is 4.62. The molecule has 0 N–H and O–H groups in total. The first-order valence-electron chi connectivity index (χ1n) is 6.71. The first kappa shape index (κ1) is 16.3. The Labute approximate surface area is 151 Å². The summed E-state index contributed by atoms with van der Waals surface area (Å²) in [5, 5.41) is 6.49. The first-order valence-corrected chi connectivity index (χ1v) is 8.26. The summed E-state index contributed by atoms with van der Waals surface area (Å²) in [5.74, 6) is 0.0573. The molecule has 0 fully saturated rings. The predicted octanol–water partition coefficient (Wildman–Crippen LogP) is 5.00. The van der Waals surface area contributed by atoms with E-state index < -0.39 is 6.23 Å². The molecule has 1 aliphatic rings. The van der Waals surface area contributed by atoms with E-state index in [4.69, 9.17) is 27.9 Å². The van der Waals surface area contributed by atoms with Crippen molar-refractivity contribution in [3.8, 4) is 0 Å². The number of carbonyl (C=O) groups is 1. The lowest BCUT2D eigenvalue weighted by Crippen LogP contribution is -2.25. The van der Waals surface area contributed by atoms with Crippen LogP contribution in [0.15, 0.2) is 52.0 Å². The fraction of sp³-hybridized carbons (Fsp3) is 0.125. The van der Waals surface area contributed by atoms with Crippen LogP contribution in [0.25, 0.3) is 0 Å². The molecule has 1 heterocycles. The van der Waals surface area contributed by atoms with Crippen molar-refractivity contribution in [2.45, 2.75) is 13.2 Å². The predicted molar refractivity (Wildman–Crippen MR) is 93.5 cm³/mol. The number of benzene rings is 2. The molecule has 1 aliphatic heterocycles. The highest BCUT2D eigenvalue weighted by Crippen LogP contribution is 2.33. The smallest absolute Gasteiger partial charge is 0.243 e. The molecule has 2 aromatic rings. The largest absolute Gasteiger partial charge is 0.446 e. The van der Waals surface area contributed by atoms with E-state index in [-0.39, 0.29) is 11.8 Å². The lowest BCUT2D eigenvalue weighted by molar-refractivity contribution is -0.135. The molecule has 0 radical (unpaired) electrons. The molecule has 0 aliphatic carbocycles.